The number of esters is 1. The lowest BCUT2D eigenvalue weighted by Crippen LogP contribution is -1.99. The topological polar surface area (TPSA) is 26.3 Å². The molecule has 0 saturated heterocycles. The summed E-state index contributed by atoms with van der Waals surface area (Å²) in [6.45, 7) is 4.26. The predicted octanol–water partition coefficient (Wildman–Crippen LogP) is 5.58. The largest absolute Gasteiger partial charge is 0.466 e. The van der Waals surface area contributed by atoms with E-state index in [1.807, 2.05) is 0 Å². The molecule has 0 bridgehead atoms. The number of rotatable bonds is 13. The van der Waals surface area contributed by atoms with Crippen LogP contribution in [0, 0.1) is 0 Å². The first-order valence-corrected chi connectivity index (χ1v) is 8.20. The van der Waals surface area contributed by atoms with Gasteiger partial charge in [-0.15, -0.1) is 0 Å². The van der Waals surface area contributed by atoms with Gasteiger partial charge in [0.1, 0.15) is 0 Å². The Morgan fingerprint density at radius 2 is 1.35 bits per heavy atom. The smallest absolute Gasteiger partial charge is 0.302 e. The molecule has 0 aromatic rings. The third-order valence-corrected chi connectivity index (χ3v) is 3.12. The van der Waals surface area contributed by atoms with Gasteiger partial charge in [-0.3, -0.25) is 4.79 Å². The molecular weight excluding hydrogens is 248 g/mol. The van der Waals surface area contributed by atoms with Gasteiger partial charge in [0.15, 0.2) is 0 Å². The summed E-state index contributed by atoms with van der Waals surface area (Å²) in [5, 5.41) is 0. The fourth-order valence-electron chi connectivity index (χ4n) is 1.90. The van der Waals surface area contributed by atoms with E-state index < -0.39 is 0 Å². The van der Waals surface area contributed by atoms with Crippen LogP contribution in [0.3, 0.4) is 0 Å². The number of unbranched alkanes of at least 4 members (excludes halogenated alkanes) is 7. The highest BCUT2D eigenvalue weighted by Crippen LogP contribution is 2.04. The van der Waals surface area contributed by atoms with Gasteiger partial charge < -0.3 is 4.74 Å². The molecule has 0 aliphatic heterocycles. The standard InChI is InChI=1S/C18H32O2/c1-3-4-5-6-7-8-9-10-11-12-13-14-15-16-17-20-18(2)19/h6-7,11-12H,3-5,8-10,13-17H2,1-2H3/b7-6+,12-11+. The van der Waals surface area contributed by atoms with Gasteiger partial charge in [0.25, 0.3) is 0 Å². The van der Waals surface area contributed by atoms with E-state index in [1.54, 1.807) is 0 Å². The summed E-state index contributed by atoms with van der Waals surface area (Å²) in [6.07, 6.45) is 21.2. The summed E-state index contributed by atoms with van der Waals surface area (Å²) in [7, 11) is 0. The summed E-state index contributed by atoms with van der Waals surface area (Å²) < 4.78 is 4.89. The summed E-state index contributed by atoms with van der Waals surface area (Å²) >= 11 is 0. The summed E-state index contributed by atoms with van der Waals surface area (Å²) in [6, 6.07) is 0. The van der Waals surface area contributed by atoms with E-state index in [4.69, 9.17) is 4.74 Å². The minimum Gasteiger partial charge on any atom is -0.466 e. The van der Waals surface area contributed by atoms with Crippen molar-refractivity contribution in [3.8, 4) is 0 Å². The molecule has 0 saturated carbocycles. The van der Waals surface area contributed by atoms with Crippen LogP contribution in [0.2, 0.25) is 0 Å². The van der Waals surface area contributed by atoms with Crippen LogP contribution in [-0.2, 0) is 9.53 Å². The molecule has 0 aromatic heterocycles. The van der Waals surface area contributed by atoms with Crippen LogP contribution in [0.5, 0.6) is 0 Å². The molecule has 2 heteroatoms. The number of carbonyl (C=O) groups is 1. The molecule has 0 fully saturated rings. The zero-order valence-electron chi connectivity index (χ0n) is 13.4. The summed E-state index contributed by atoms with van der Waals surface area (Å²) in [5.41, 5.74) is 0. The molecule has 0 atom stereocenters. The maximum atomic E-state index is 10.5. The third kappa shape index (κ3) is 16.9. The van der Waals surface area contributed by atoms with Gasteiger partial charge in [-0.25, -0.2) is 0 Å². The minimum atomic E-state index is -0.173. The molecule has 0 spiro atoms. The van der Waals surface area contributed by atoms with Crippen molar-refractivity contribution in [2.24, 2.45) is 0 Å². The van der Waals surface area contributed by atoms with Crippen LogP contribution in [-0.4, -0.2) is 12.6 Å². The van der Waals surface area contributed by atoms with E-state index >= 15 is 0 Å². The number of ether oxygens (including phenoxy) is 1. The summed E-state index contributed by atoms with van der Waals surface area (Å²) in [5.74, 6) is -0.173. The molecule has 0 radical (unpaired) electrons. The number of carbonyl (C=O) groups excluding carboxylic acids is 1. The summed E-state index contributed by atoms with van der Waals surface area (Å²) in [4.78, 5) is 10.5. The van der Waals surface area contributed by atoms with Crippen LogP contribution >= 0.6 is 0 Å². The molecule has 20 heavy (non-hydrogen) atoms. The minimum absolute atomic E-state index is 0.173. The van der Waals surface area contributed by atoms with Gasteiger partial charge in [0.2, 0.25) is 0 Å². The Balaban J connectivity index is 3.16. The van der Waals surface area contributed by atoms with Crippen LogP contribution in [0.25, 0.3) is 0 Å². The van der Waals surface area contributed by atoms with E-state index in [1.165, 1.54) is 51.9 Å². The number of hydrogen-bond acceptors (Lipinski definition) is 2. The van der Waals surface area contributed by atoms with Crippen LogP contribution in [0.1, 0.15) is 78.1 Å². The predicted molar refractivity (Wildman–Crippen MR) is 86.8 cm³/mol. The van der Waals surface area contributed by atoms with E-state index in [-0.39, 0.29) is 5.97 Å². The van der Waals surface area contributed by atoms with Crippen molar-refractivity contribution in [3.63, 3.8) is 0 Å². The fraction of sp³-hybridized carbons (Fsp3) is 0.722. The first-order chi connectivity index (χ1) is 9.77. The first-order valence-electron chi connectivity index (χ1n) is 8.20. The molecular formula is C18H32O2. The molecule has 0 aromatic carbocycles. The SMILES string of the molecule is CCCC/C=C/CCC/C=C/CCCCCOC(C)=O. The highest BCUT2D eigenvalue weighted by atomic mass is 16.5. The number of hydrogen-bond donors (Lipinski definition) is 0. The monoisotopic (exact) mass is 280 g/mol. The van der Waals surface area contributed by atoms with Crippen molar-refractivity contribution >= 4 is 5.97 Å². The third-order valence-electron chi connectivity index (χ3n) is 3.12. The Morgan fingerprint density at radius 3 is 1.90 bits per heavy atom. The highest BCUT2D eigenvalue weighted by molar-refractivity contribution is 5.65. The molecule has 0 N–H and O–H groups in total. The average Bonchev–Trinajstić information content (AvgIpc) is 2.43. The lowest BCUT2D eigenvalue weighted by Gasteiger charge is -2.00. The molecule has 0 amide bonds. The molecule has 2 nitrogen and oxygen atoms in total. The van der Waals surface area contributed by atoms with Crippen molar-refractivity contribution in [3.05, 3.63) is 24.3 Å². The second-order valence-corrected chi connectivity index (χ2v) is 5.21. The quantitative estimate of drug-likeness (QED) is 0.250. The Bertz CT molecular complexity index is 267. The molecule has 0 unspecified atom stereocenters. The van der Waals surface area contributed by atoms with Gasteiger partial charge in [-0.05, 0) is 51.4 Å². The van der Waals surface area contributed by atoms with Crippen molar-refractivity contribution in [1.82, 2.24) is 0 Å². The van der Waals surface area contributed by atoms with Crippen molar-refractivity contribution in [2.75, 3.05) is 6.61 Å². The van der Waals surface area contributed by atoms with Crippen LogP contribution < -0.4 is 0 Å². The van der Waals surface area contributed by atoms with Crippen LogP contribution in [0.15, 0.2) is 24.3 Å². The molecule has 0 heterocycles. The van der Waals surface area contributed by atoms with Crippen LogP contribution in [0.4, 0.5) is 0 Å². The zero-order chi connectivity index (χ0) is 14.9. The van der Waals surface area contributed by atoms with Gasteiger partial charge in [0, 0.05) is 6.92 Å². The van der Waals surface area contributed by atoms with Crippen molar-refractivity contribution < 1.29 is 9.53 Å². The van der Waals surface area contributed by atoms with E-state index in [9.17, 15) is 4.79 Å². The highest BCUT2D eigenvalue weighted by Gasteiger charge is 1.92. The Hall–Kier alpha value is -1.05. The number of allylic oxidation sites excluding steroid dienone is 4. The maximum Gasteiger partial charge on any atom is 0.302 e. The molecule has 0 aliphatic carbocycles. The fourth-order valence-corrected chi connectivity index (χ4v) is 1.90. The van der Waals surface area contributed by atoms with Crippen molar-refractivity contribution in [2.45, 2.75) is 78.1 Å². The first kappa shape index (κ1) is 18.9. The maximum absolute atomic E-state index is 10.5. The van der Waals surface area contributed by atoms with Gasteiger partial charge in [0.05, 0.1) is 6.61 Å². The zero-order valence-corrected chi connectivity index (χ0v) is 13.4. The van der Waals surface area contributed by atoms with Crippen molar-refractivity contribution in [1.29, 1.82) is 0 Å². The molecule has 0 aliphatic rings. The van der Waals surface area contributed by atoms with E-state index in [0.29, 0.717) is 6.61 Å². The Labute approximate surface area is 125 Å². The molecule has 116 valence electrons. The lowest BCUT2D eigenvalue weighted by atomic mass is 10.1. The second-order valence-electron chi connectivity index (χ2n) is 5.21. The normalized spacial score (nSPS) is 11.5. The van der Waals surface area contributed by atoms with Gasteiger partial charge in [-0.2, -0.15) is 0 Å². The second kappa shape index (κ2) is 16.0. The van der Waals surface area contributed by atoms with Gasteiger partial charge in [-0.1, -0.05) is 44.1 Å². The Morgan fingerprint density at radius 1 is 0.800 bits per heavy atom. The molecule has 0 rings (SSSR count). The average molecular weight is 280 g/mol. The van der Waals surface area contributed by atoms with E-state index in [2.05, 4.69) is 31.2 Å². The van der Waals surface area contributed by atoms with Gasteiger partial charge >= 0.3 is 5.97 Å². The lowest BCUT2D eigenvalue weighted by molar-refractivity contribution is -0.141. The Kier molecular flexibility index (Phi) is 15.2. The van der Waals surface area contributed by atoms with E-state index in [0.717, 1.165) is 19.3 Å².